The van der Waals surface area contributed by atoms with Crippen molar-refractivity contribution < 1.29 is 0 Å². The molecule has 0 aromatic rings. The predicted octanol–water partition coefficient (Wildman–Crippen LogP) is 2.80. The first-order chi connectivity index (χ1) is 8.85. The minimum atomic E-state index is 0.162. The molecule has 0 spiro atoms. The molecule has 3 nitrogen and oxygen atoms in total. The number of nitrogens with zero attached hydrogens (tertiary/aromatic N) is 2. The summed E-state index contributed by atoms with van der Waals surface area (Å²) < 4.78 is 0. The van der Waals surface area contributed by atoms with Gasteiger partial charge in [-0.15, -0.1) is 0 Å². The van der Waals surface area contributed by atoms with E-state index in [0.717, 1.165) is 26.2 Å². The molecule has 0 aliphatic carbocycles. The van der Waals surface area contributed by atoms with Gasteiger partial charge in [-0.2, -0.15) is 0 Å². The van der Waals surface area contributed by atoms with Gasteiger partial charge in [-0.3, -0.25) is 4.90 Å². The van der Waals surface area contributed by atoms with Gasteiger partial charge < -0.3 is 10.6 Å². The molecule has 0 rings (SSSR count). The molecule has 0 aliphatic heterocycles. The summed E-state index contributed by atoms with van der Waals surface area (Å²) >= 11 is 0. The van der Waals surface area contributed by atoms with Gasteiger partial charge in [0.2, 0.25) is 0 Å². The van der Waals surface area contributed by atoms with Gasteiger partial charge in [0.05, 0.1) is 0 Å². The van der Waals surface area contributed by atoms with Crippen molar-refractivity contribution in [1.29, 1.82) is 0 Å². The average molecular weight is 271 g/mol. The van der Waals surface area contributed by atoms with E-state index < -0.39 is 0 Å². The summed E-state index contributed by atoms with van der Waals surface area (Å²) in [4.78, 5) is 4.88. The summed E-state index contributed by atoms with van der Waals surface area (Å²) in [5.74, 6) is 0.694. The highest BCUT2D eigenvalue weighted by Gasteiger charge is 2.30. The molecule has 1 unspecified atom stereocenters. The third-order valence-electron chi connectivity index (χ3n) is 3.92. The zero-order valence-corrected chi connectivity index (χ0v) is 14.2. The number of hydrogen-bond acceptors (Lipinski definition) is 3. The fourth-order valence-electron chi connectivity index (χ4n) is 2.49. The lowest BCUT2D eigenvalue weighted by Gasteiger charge is -2.42. The number of nitrogens with two attached hydrogens (primary N) is 1. The van der Waals surface area contributed by atoms with Gasteiger partial charge in [0, 0.05) is 31.7 Å². The second-order valence-electron chi connectivity index (χ2n) is 6.80. The van der Waals surface area contributed by atoms with Crippen LogP contribution in [0.2, 0.25) is 0 Å². The highest BCUT2D eigenvalue weighted by Crippen LogP contribution is 2.23. The lowest BCUT2D eigenvalue weighted by molar-refractivity contribution is 0.0775. The summed E-state index contributed by atoms with van der Waals surface area (Å²) in [6, 6.07) is 0. The van der Waals surface area contributed by atoms with E-state index in [0.29, 0.717) is 5.92 Å². The minimum Gasteiger partial charge on any atom is -0.329 e. The molecule has 0 amide bonds. The fourth-order valence-corrected chi connectivity index (χ4v) is 2.49. The topological polar surface area (TPSA) is 32.5 Å². The van der Waals surface area contributed by atoms with Crippen molar-refractivity contribution in [3.63, 3.8) is 0 Å². The van der Waals surface area contributed by atoms with E-state index in [1.807, 2.05) is 0 Å². The third kappa shape index (κ3) is 7.91. The van der Waals surface area contributed by atoms with Crippen LogP contribution < -0.4 is 5.73 Å². The lowest BCUT2D eigenvalue weighted by atomic mass is 9.91. The zero-order valence-electron chi connectivity index (χ0n) is 14.2. The first-order valence-electron chi connectivity index (χ1n) is 7.95. The second kappa shape index (κ2) is 9.73. The van der Waals surface area contributed by atoms with Crippen LogP contribution in [0.4, 0.5) is 0 Å². The molecule has 116 valence electrons. The first kappa shape index (κ1) is 18.9. The Kier molecular flexibility index (Phi) is 9.67. The smallest absolute Gasteiger partial charge is 0.0304 e. The Morgan fingerprint density at radius 3 is 2.16 bits per heavy atom. The Labute approximate surface area is 121 Å². The van der Waals surface area contributed by atoms with Gasteiger partial charge in [0.25, 0.3) is 0 Å². The third-order valence-corrected chi connectivity index (χ3v) is 3.92. The van der Waals surface area contributed by atoms with Gasteiger partial charge in [-0.25, -0.2) is 0 Å². The maximum Gasteiger partial charge on any atom is 0.0304 e. The van der Waals surface area contributed by atoms with Crippen molar-refractivity contribution in [2.24, 2.45) is 11.7 Å². The van der Waals surface area contributed by atoms with Crippen molar-refractivity contribution in [2.45, 2.75) is 58.9 Å². The van der Waals surface area contributed by atoms with E-state index in [1.54, 1.807) is 0 Å². The molecule has 0 aromatic heterocycles. The van der Waals surface area contributed by atoms with E-state index in [9.17, 15) is 0 Å². The van der Waals surface area contributed by atoms with Crippen LogP contribution in [0.5, 0.6) is 0 Å². The largest absolute Gasteiger partial charge is 0.329 e. The normalized spacial score (nSPS) is 15.5. The highest BCUT2D eigenvalue weighted by atomic mass is 15.2. The predicted molar refractivity (Wildman–Crippen MR) is 86.6 cm³/mol. The zero-order chi connectivity index (χ0) is 14.9. The number of rotatable bonds is 11. The van der Waals surface area contributed by atoms with Gasteiger partial charge in [0.15, 0.2) is 0 Å². The van der Waals surface area contributed by atoms with Crippen molar-refractivity contribution in [1.82, 2.24) is 9.80 Å². The Morgan fingerprint density at radius 1 is 1.11 bits per heavy atom. The highest BCUT2D eigenvalue weighted by molar-refractivity contribution is 4.88. The Balaban J connectivity index is 4.62. The fraction of sp³-hybridized carbons (Fsp3) is 1.00. The van der Waals surface area contributed by atoms with Crippen molar-refractivity contribution >= 4 is 0 Å². The van der Waals surface area contributed by atoms with E-state index in [2.05, 4.69) is 51.6 Å². The summed E-state index contributed by atoms with van der Waals surface area (Å²) in [6.45, 7) is 13.3. The van der Waals surface area contributed by atoms with Crippen LogP contribution >= 0.6 is 0 Å². The molecule has 0 saturated heterocycles. The van der Waals surface area contributed by atoms with Gasteiger partial charge >= 0.3 is 0 Å². The van der Waals surface area contributed by atoms with Crippen LogP contribution in [0, 0.1) is 5.92 Å². The van der Waals surface area contributed by atoms with Gasteiger partial charge in [-0.05, 0) is 33.4 Å². The maximum atomic E-state index is 6.12. The molecule has 3 heteroatoms. The molecule has 0 aromatic carbocycles. The molecular formula is C16H37N3. The number of likely N-dealkylation sites (N-methyl/N-ethyl adjacent to an activating group) is 1. The summed E-state index contributed by atoms with van der Waals surface area (Å²) in [6.07, 6.45) is 5.11. The molecule has 1 atom stereocenters. The molecule has 0 saturated carbocycles. The van der Waals surface area contributed by atoms with Crippen molar-refractivity contribution in [2.75, 3.05) is 40.3 Å². The summed E-state index contributed by atoms with van der Waals surface area (Å²) in [5, 5.41) is 0. The van der Waals surface area contributed by atoms with Crippen LogP contribution in [0.25, 0.3) is 0 Å². The maximum absolute atomic E-state index is 6.12. The van der Waals surface area contributed by atoms with Gasteiger partial charge in [-0.1, -0.05) is 40.0 Å². The monoisotopic (exact) mass is 271 g/mol. The quantitative estimate of drug-likeness (QED) is 0.587. The van der Waals surface area contributed by atoms with Crippen molar-refractivity contribution in [3.05, 3.63) is 0 Å². The Morgan fingerprint density at radius 2 is 1.74 bits per heavy atom. The van der Waals surface area contributed by atoms with E-state index >= 15 is 0 Å². The van der Waals surface area contributed by atoms with Crippen molar-refractivity contribution in [3.8, 4) is 0 Å². The van der Waals surface area contributed by atoms with Crippen LogP contribution in [-0.4, -0.2) is 55.6 Å². The van der Waals surface area contributed by atoms with E-state index in [4.69, 9.17) is 5.73 Å². The lowest BCUT2D eigenvalue weighted by Crippen LogP contribution is -2.54. The molecule has 0 heterocycles. The molecule has 0 bridgehead atoms. The molecular weight excluding hydrogens is 234 g/mol. The Bertz CT molecular complexity index is 216. The Hall–Kier alpha value is -0.120. The molecule has 0 radical (unpaired) electrons. The van der Waals surface area contributed by atoms with Crippen LogP contribution in [-0.2, 0) is 0 Å². The van der Waals surface area contributed by atoms with Crippen LogP contribution in [0.15, 0.2) is 0 Å². The second-order valence-corrected chi connectivity index (χ2v) is 6.80. The SMILES string of the molecule is CCCCCC(C)(CN)N(CCN(C)C)CC(C)C. The number of unbranched alkanes of at least 4 members (excludes halogenated alkanes) is 2. The molecule has 0 aliphatic rings. The summed E-state index contributed by atoms with van der Waals surface area (Å²) in [7, 11) is 4.29. The van der Waals surface area contributed by atoms with Crippen LogP contribution in [0.1, 0.15) is 53.4 Å². The minimum absolute atomic E-state index is 0.162. The molecule has 2 N–H and O–H groups in total. The standard InChI is InChI=1S/C16H37N3/c1-7-8-9-10-16(4,14-17)19(13-15(2)3)12-11-18(5)6/h15H,7-14,17H2,1-6H3. The van der Waals surface area contributed by atoms with Gasteiger partial charge in [0.1, 0.15) is 0 Å². The molecule has 0 fully saturated rings. The van der Waals surface area contributed by atoms with Crippen LogP contribution in [0.3, 0.4) is 0 Å². The summed E-state index contributed by atoms with van der Waals surface area (Å²) in [5.41, 5.74) is 6.28. The van der Waals surface area contributed by atoms with E-state index in [1.165, 1.54) is 25.7 Å². The first-order valence-corrected chi connectivity index (χ1v) is 7.95. The molecule has 19 heavy (non-hydrogen) atoms. The number of hydrogen-bond donors (Lipinski definition) is 1. The average Bonchev–Trinajstić information content (AvgIpc) is 2.33. The van der Waals surface area contributed by atoms with E-state index in [-0.39, 0.29) is 5.54 Å².